The molecule has 0 bridgehead atoms. The predicted octanol–water partition coefficient (Wildman–Crippen LogP) is 3.19. The molecule has 0 radical (unpaired) electrons. The van der Waals surface area contributed by atoms with Gasteiger partial charge < -0.3 is 5.11 Å². The zero-order valence-electron chi connectivity index (χ0n) is 12.4. The second-order valence-electron chi connectivity index (χ2n) is 6.33. The van der Waals surface area contributed by atoms with Gasteiger partial charge in [-0.2, -0.15) is 0 Å². The summed E-state index contributed by atoms with van der Waals surface area (Å²) in [6.45, 7) is 4.04. The quantitative estimate of drug-likeness (QED) is 0.848. The molecule has 2 rings (SSSR count). The van der Waals surface area contributed by atoms with Crippen molar-refractivity contribution in [2.24, 2.45) is 5.41 Å². The fourth-order valence-corrected chi connectivity index (χ4v) is 5.27. The van der Waals surface area contributed by atoms with E-state index in [1.807, 2.05) is 0 Å². The van der Waals surface area contributed by atoms with Crippen molar-refractivity contribution in [2.75, 3.05) is 0 Å². The molecule has 1 unspecified atom stereocenters. The first-order valence-electron chi connectivity index (χ1n) is 7.18. The van der Waals surface area contributed by atoms with Crippen LogP contribution >= 0.6 is 15.9 Å². The van der Waals surface area contributed by atoms with Gasteiger partial charge in [0, 0.05) is 10.5 Å². The topological polar surface area (TPSA) is 66.4 Å². The Kier molecular flexibility index (Phi) is 5.13. The zero-order valence-corrected chi connectivity index (χ0v) is 14.8. The van der Waals surface area contributed by atoms with Gasteiger partial charge in [-0.1, -0.05) is 32.8 Å². The molecule has 1 atom stereocenters. The normalized spacial score (nSPS) is 22.2. The molecular formula is C15H22BrNO3S. The molecule has 4 nitrogen and oxygen atoms in total. The molecule has 1 aliphatic carbocycles. The van der Waals surface area contributed by atoms with Gasteiger partial charge in [0.05, 0.1) is 11.5 Å². The summed E-state index contributed by atoms with van der Waals surface area (Å²) < 4.78 is 28.7. The average Bonchev–Trinajstić information content (AvgIpc) is 2.41. The predicted molar refractivity (Wildman–Crippen MR) is 86.4 cm³/mol. The maximum absolute atomic E-state index is 12.7. The number of hydrogen-bond donors (Lipinski definition) is 2. The van der Waals surface area contributed by atoms with E-state index in [0.29, 0.717) is 10.0 Å². The summed E-state index contributed by atoms with van der Waals surface area (Å²) in [6, 6.07) is 4.82. The minimum atomic E-state index is -3.60. The van der Waals surface area contributed by atoms with Gasteiger partial charge in [-0.25, -0.2) is 13.1 Å². The zero-order chi connectivity index (χ0) is 15.7. The molecule has 2 N–H and O–H groups in total. The smallest absolute Gasteiger partial charge is 0.241 e. The van der Waals surface area contributed by atoms with E-state index in [-0.39, 0.29) is 23.0 Å². The SMILES string of the molecule is CC1(C)CCCCC1NS(=O)(=O)c1cc(CO)ccc1Br. The molecule has 0 saturated heterocycles. The molecule has 1 saturated carbocycles. The van der Waals surface area contributed by atoms with Crippen LogP contribution in [0.25, 0.3) is 0 Å². The van der Waals surface area contributed by atoms with Crippen molar-refractivity contribution in [1.82, 2.24) is 4.72 Å². The summed E-state index contributed by atoms with van der Waals surface area (Å²) in [5, 5.41) is 9.19. The van der Waals surface area contributed by atoms with Crippen molar-refractivity contribution in [3.05, 3.63) is 28.2 Å². The minimum Gasteiger partial charge on any atom is -0.392 e. The van der Waals surface area contributed by atoms with E-state index < -0.39 is 10.0 Å². The summed E-state index contributed by atoms with van der Waals surface area (Å²) >= 11 is 3.29. The molecule has 1 aromatic rings. The van der Waals surface area contributed by atoms with Crippen LogP contribution in [0.3, 0.4) is 0 Å². The van der Waals surface area contributed by atoms with Crippen LogP contribution in [0, 0.1) is 5.41 Å². The number of aliphatic hydroxyl groups is 1. The van der Waals surface area contributed by atoms with Gasteiger partial charge in [-0.05, 0) is 51.9 Å². The van der Waals surface area contributed by atoms with Crippen molar-refractivity contribution in [2.45, 2.75) is 57.1 Å². The molecule has 118 valence electrons. The molecule has 1 aromatic carbocycles. The van der Waals surface area contributed by atoms with Gasteiger partial charge in [-0.15, -0.1) is 0 Å². The van der Waals surface area contributed by atoms with Crippen LogP contribution in [-0.4, -0.2) is 19.6 Å². The maximum atomic E-state index is 12.7. The van der Waals surface area contributed by atoms with E-state index in [1.54, 1.807) is 12.1 Å². The lowest BCUT2D eigenvalue weighted by atomic mass is 9.74. The summed E-state index contributed by atoms with van der Waals surface area (Å²) in [4.78, 5) is 0.190. The highest BCUT2D eigenvalue weighted by Crippen LogP contribution is 2.36. The highest BCUT2D eigenvalue weighted by atomic mass is 79.9. The number of benzene rings is 1. The Bertz CT molecular complexity index is 613. The number of halogens is 1. The fraction of sp³-hybridized carbons (Fsp3) is 0.600. The van der Waals surface area contributed by atoms with E-state index in [0.717, 1.165) is 25.7 Å². The number of nitrogens with one attached hydrogen (secondary N) is 1. The molecule has 6 heteroatoms. The minimum absolute atomic E-state index is 0.0353. The Morgan fingerprint density at radius 3 is 2.71 bits per heavy atom. The Labute approximate surface area is 135 Å². The van der Waals surface area contributed by atoms with Crippen LogP contribution in [0.15, 0.2) is 27.6 Å². The molecule has 0 heterocycles. The Hall–Kier alpha value is -0.430. The van der Waals surface area contributed by atoms with Crippen molar-refractivity contribution in [3.63, 3.8) is 0 Å². The lowest BCUT2D eigenvalue weighted by molar-refractivity contribution is 0.188. The first kappa shape index (κ1) is 16.9. The number of hydrogen-bond acceptors (Lipinski definition) is 3. The lowest BCUT2D eigenvalue weighted by Gasteiger charge is -2.38. The van der Waals surface area contributed by atoms with E-state index in [1.165, 1.54) is 6.07 Å². The monoisotopic (exact) mass is 375 g/mol. The maximum Gasteiger partial charge on any atom is 0.241 e. The van der Waals surface area contributed by atoms with Crippen LogP contribution in [0.5, 0.6) is 0 Å². The fourth-order valence-electron chi connectivity index (χ4n) is 2.82. The average molecular weight is 376 g/mol. The molecule has 0 amide bonds. The molecule has 21 heavy (non-hydrogen) atoms. The molecule has 1 aliphatic rings. The second-order valence-corrected chi connectivity index (χ2v) is 8.87. The largest absolute Gasteiger partial charge is 0.392 e. The first-order valence-corrected chi connectivity index (χ1v) is 9.45. The molecule has 0 spiro atoms. The van der Waals surface area contributed by atoms with Crippen LogP contribution in [0.4, 0.5) is 0 Å². The van der Waals surface area contributed by atoms with Gasteiger partial charge >= 0.3 is 0 Å². The van der Waals surface area contributed by atoms with Gasteiger partial charge in [0.1, 0.15) is 0 Å². The molecule has 0 aliphatic heterocycles. The van der Waals surface area contributed by atoms with E-state index in [4.69, 9.17) is 0 Å². The standard InChI is InChI=1S/C15H22BrNO3S/c1-15(2)8-4-3-5-14(15)17-21(19,20)13-9-11(10-18)6-7-12(13)16/h6-7,9,14,17-18H,3-5,8,10H2,1-2H3. The number of aliphatic hydroxyl groups excluding tert-OH is 1. The van der Waals surface area contributed by atoms with Crippen molar-refractivity contribution >= 4 is 26.0 Å². The van der Waals surface area contributed by atoms with Crippen LogP contribution in [0.1, 0.15) is 45.1 Å². The Morgan fingerprint density at radius 1 is 1.38 bits per heavy atom. The number of rotatable bonds is 4. The lowest BCUT2D eigenvalue weighted by Crippen LogP contribution is -2.46. The molecule has 1 fully saturated rings. The van der Waals surface area contributed by atoms with E-state index in [2.05, 4.69) is 34.5 Å². The van der Waals surface area contributed by atoms with Crippen molar-refractivity contribution < 1.29 is 13.5 Å². The third-order valence-electron chi connectivity index (χ3n) is 4.27. The van der Waals surface area contributed by atoms with Gasteiger partial charge in [0.15, 0.2) is 0 Å². The highest BCUT2D eigenvalue weighted by molar-refractivity contribution is 9.10. The summed E-state index contributed by atoms with van der Waals surface area (Å²) in [6.07, 6.45) is 4.09. The highest BCUT2D eigenvalue weighted by Gasteiger charge is 2.35. The van der Waals surface area contributed by atoms with E-state index >= 15 is 0 Å². The third kappa shape index (κ3) is 3.86. The second kappa shape index (κ2) is 6.36. The molecular weight excluding hydrogens is 354 g/mol. The van der Waals surface area contributed by atoms with Gasteiger partial charge in [0.25, 0.3) is 0 Å². The molecule has 0 aromatic heterocycles. The van der Waals surface area contributed by atoms with Gasteiger partial charge in [0.2, 0.25) is 10.0 Å². The van der Waals surface area contributed by atoms with Crippen LogP contribution in [0.2, 0.25) is 0 Å². The first-order chi connectivity index (χ1) is 9.76. The summed E-state index contributed by atoms with van der Waals surface area (Å²) in [5.41, 5.74) is 0.549. The summed E-state index contributed by atoms with van der Waals surface area (Å²) in [7, 11) is -3.60. The van der Waals surface area contributed by atoms with Crippen LogP contribution < -0.4 is 4.72 Å². The van der Waals surface area contributed by atoms with E-state index in [9.17, 15) is 13.5 Å². The van der Waals surface area contributed by atoms with Crippen molar-refractivity contribution in [1.29, 1.82) is 0 Å². The van der Waals surface area contributed by atoms with Gasteiger partial charge in [-0.3, -0.25) is 0 Å². The third-order valence-corrected chi connectivity index (χ3v) is 6.74. The number of sulfonamides is 1. The Balaban J connectivity index is 2.30. The summed E-state index contributed by atoms with van der Waals surface area (Å²) in [5.74, 6) is 0. The van der Waals surface area contributed by atoms with Crippen molar-refractivity contribution in [3.8, 4) is 0 Å². The Morgan fingerprint density at radius 2 is 2.10 bits per heavy atom. The van der Waals surface area contributed by atoms with Crippen LogP contribution in [-0.2, 0) is 16.6 Å².